The van der Waals surface area contributed by atoms with Crippen molar-refractivity contribution in [1.82, 2.24) is 0 Å². The van der Waals surface area contributed by atoms with Crippen LogP contribution >= 0.6 is 22.6 Å². The van der Waals surface area contributed by atoms with Crippen LogP contribution in [0.15, 0.2) is 57.1 Å². The Labute approximate surface area is 172 Å². The summed E-state index contributed by atoms with van der Waals surface area (Å²) in [5, 5.41) is 20.4. The summed E-state index contributed by atoms with van der Waals surface area (Å²) in [5.74, 6) is -0.457. The number of fused-ring (bicyclic) bond motifs is 3. The van der Waals surface area contributed by atoms with Gasteiger partial charge in [-0.3, -0.25) is 0 Å². The summed E-state index contributed by atoms with van der Waals surface area (Å²) in [7, 11) is 1.42. The number of rotatable bonds is 2. The molecule has 4 rings (SSSR count). The molecule has 0 fully saturated rings. The molecule has 0 spiro atoms. The molecule has 0 amide bonds. The largest absolute Gasteiger partial charge is 0.504 e. The molecule has 2 aromatic carbocycles. The quantitative estimate of drug-likeness (QED) is 0.420. The van der Waals surface area contributed by atoms with Gasteiger partial charge in [-0.25, -0.2) is 4.79 Å². The highest BCUT2D eigenvalue weighted by atomic mass is 127. The maximum absolute atomic E-state index is 12.8. The molecule has 7 nitrogen and oxygen atoms in total. The van der Waals surface area contributed by atoms with E-state index in [1.807, 2.05) is 28.7 Å². The molecule has 0 aliphatic carbocycles. The van der Waals surface area contributed by atoms with E-state index >= 15 is 0 Å². The zero-order valence-corrected chi connectivity index (χ0v) is 16.7. The molecule has 2 heterocycles. The highest BCUT2D eigenvalue weighted by molar-refractivity contribution is 14.1. The number of nitriles is 1. The van der Waals surface area contributed by atoms with Crippen molar-refractivity contribution >= 4 is 33.6 Å². The number of para-hydroxylation sites is 1. The first-order valence-corrected chi connectivity index (χ1v) is 9.23. The molecule has 0 saturated heterocycles. The molecular formula is C20H13IN2O5. The number of halogens is 1. The van der Waals surface area contributed by atoms with E-state index in [0.717, 1.165) is 0 Å². The fourth-order valence-corrected chi connectivity index (χ4v) is 3.94. The van der Waals surface area contributed by atoms with Crippen LogP contribution in [0, 0.1) is 14.9 Å². The summed E-state index contributed by atoms with van der Waals surface area (Å²) >= 11 is 1.95. The van der Waals surface area contributed by atoms with E-state index in [1.54, 1.807) is 36.4 Å². The van der Waals surface area contributed by atoms with Crippen LogP contribution in [-0.4, -0.2) is 12.2 Å². The SMILES string of the molecule is COc1cc(C2C(C#N)=C(N)Oc3c2c(=O)oc2ccccc32)cc(I)c1O. The molecule has 28 heavy (non-hydrogen) atoms. The Hall–Kier alpha value is -3.19. The van der Waals surface area contributed by atoms with Crippen molar-refractivity contribution in [1.29, 1.82) is 5.26 Å². The van der Waals surface area contributed by atoms with Gasteiger partial charge in [0.1, 0.15) is 17.2 Å². The van der Waals surface area contributed by atoms with Gasteiger partial charge in [0, 0.05) is 0 Å². The van der Waals surface area contributed by atoms with Crippen molar-refractivity contribution < 1.29 is 19.0 Å². The van der Waals surface area contributed by atoms with Crippen LogP contribution in [-0.2, 0) is 0 Å². The van der Waals surface area contributed by atoms with Crippen LogP contribution in [0.5, 0.6) is 17.2 Å². The van der Waals surface area contributed by atoms with Crippen molar-refractivity contribution in [3.05, 3.63) is 73.0 Å². The van der Waals surface area contributed by atoms with Gasteiger partial charge in [0.15, 0.2) is 17.2 Å². The molecule has 0 radical (unpaired) electrons. The number of phenols is 1. The van der Waals surface area contributed by atoms with Crippen LogP contribution in [0.4, 0.5) is 0 Å². The van der Waals surface area contributed by atoms with E-state index in [-0.39, 0.29) is 34.3 Å². The van der Waals surface area contributed by atoms with Gasteiger partial charge in [-0.15, -0.1) is 0 Å². The Morgan fingerprint density at radius 1 is 1.32 bits per heavy atom. The van der Waals surface area contributed by atoms with E-state index in [4.69, 9.17) is 19.6 Å². The summed E-state index contributed by atoms with van der Waals surface area (Å²) in [6.45, 7) is 0. The van der Waals surface area contributed by atoms with Crippen LogP contribution in [0.3, 0.4) is 0 Å². The number of hydrogen-bond donors (Lipinski definition) is 2. The second-order valence-corrected chi connectivity index (χ2v) is 7.27. The average molecular weight is 488 g/mol. The van der Waals surface area contributed by atoms with Crippen LogP contribution < -0.4 is 20.8 Å². The van der Waals surface area contributed by atoms with Crippen LogP contribution in [0.25, 0.3) is 11.0 Å². The van der Waals surface area contributed by atoms with E-state index in [9.17, 15) is 15.2 Å². The summed E-state index contributed by atoms with van der Waals surface area (Å²) in [4.78, 5) is 12.8. The minimum absolute atomic E-state index is 0.0276. The van der Waals surface area contributed by atoms with Crippen LogP contribution in [0.1, 0.15) is 17.0 Å². The molecule has 3 N–H and O–H groups in total. The third kappa shape index (κ3) is 2.66. The number of methoxy groups -OCH3 is 1. The van der Waals surface area contributed by atoms with E-state index in [1.165, 1.54) is 7.11 Å². The molecule has 1 aliphatic heterocycles. The van der Waals surface area contributed by atoms with Gasteiger partial charge >= 0.3 is 5.63 Å². The lowest BCUT2D eigenvalue weighted by Crippen LogP contribution is -2.26. The summed E-state index contributed by atoms with van der Waals surface area (Å²) in [5.41, 5.74) is 6.57. The second-order valence-electron chi connectivity index (χ2n) is 6.11. The summed E-state index contributed by atoms with van der Waals surface area (Å²) in [6, 6.07) is 12.2. The first-order valence-electron chi connectivity index (χ1n) is 8.16. The minimum atomic E-state index is -0.822. The van der Waals surface area contributed by atoms with Gasteiger partial charge in [0.25, 0.3) is 0 Å². The van der Waals surface area contributed by atoms with Crippen molar-refractivity contribution in [2.75, 3.05) is 7.11 Å². The first kappa shape index (κ1) is 18.2. The number of ether oxygens (including phenoxy) is 2. The molecule has 1 aromatic heterocycles. The lowest BCUT2D eigenvalue weighted by atomic mass is 9.83. The Kier molecular flexibility index (Phi) is 4.39. The molecule has 140 valence electrons. The number of nitrogens with two attached hydrogens (primary N) is 1. The topological polar surface area (TPSA) is 119 Å². The van der Waals surface area contributed by atoms with E-state index in [0.29, 0.717) is 20.1 Å². The molecule has 3 aromatic rings. The number of aromatic hydroxyl groups is 1. The Balaban J connectivity index is 2.09. The number of nitrogens with zero attached hydrogens (tertiary/aromatic N) is 1. The molecule has 1 unspecified atom stereocenters. The number of allylic oxidation sites excluding steroid dienone is 1. The molecule has 0 saturated carbocycles. The predicted molar refractivity (Wildman–Crippen MR) is 109 cm³/mol. The highest BCUT2D eigenvalue weighted by Gasteiger charge is 2.36. The minimum Gasteiger partial charge on any atom is -0.504 e. The van der Waals surface area contributed by atoms with Gasteiger partial charge in [0.2, 0.25) is 5.88 Å². The third-order valence-electron chi connectivity index (χ3n) is 4.58. The summed E-state index contributed by atoms with van der Waals surface area (Å²) < 4.78 is 16.9. The van der Waals surface area contributed by atoms with Gasteiger partial charge in [-0.05, 0) is 52.4 Å². The average Bonchev–Trinajstić information content (AvgIpc) is 2.69. The van der Waals surface area contributed by atoms with Crippen molar-refractivity contribution in [3.8, 4) is 23.3 Å². The predicted octanol–water partition coefficient (Wildman–Crippen LogP) is 3.33. The number of phenolic OH excluding ortho intramolecular Hbond substituents is 1. The Morgan fingerprint density at radius 2 is 2.07 bits per heavy atom. The van der Waals surface area contributed by atoms with Crippen molar-refractivity contribution in [3.63, 3.8) is 0 Å². The fraction of sp³-hybridized carbons (Fsp3) is 0.100. The first-order chi connectivity index (χ1) is 13.5. The lowest BCUT2D eigenvalue weighted by Gasteiger charge is -2.26. The number of hydrogen-bond acceptors (Lipinski definition) is 7. The van der Waals surface area contributed by atoms with E-state index < -0.39 is 11.5 Å². The molecule has 8 heteroatoms. The molecular weight excluding hydrogens is 475 g/mol. The molecule has 1 aliphatic rings. The molecule has 1 atom stereocenters. The zero-order valence-electron chi connectivity index (χ0n) is 14.5. The fourth-order valence-electron chi connectivity index (χ4n) is 3.32. The van der Waals surface area contributed by atoms with E-state index in [2.05, 4.69) is 0 Å². The maximum atomic E-state index is 12.8. The highest BCUT2D eigenvalue weighted by Crippen LogP contribution is 2.45. The van der Waals surface area contributed by atoms with Gasteiger partial charge < -0.3 is 24.7 Å². The second kappa shape index (κ2) is 6.76. The number of benzene rings is 2. The van der Waals surface area contributed by atoms with Crippen LogP contribution in [0.2, 0.25) is 0 Å². The summed E-state index contributed by atoms with van der Waals surface area (Å²) in [6.07, 6.45) is 0. The third-order valence-corrected chi connectivity index (χ3v) is 5.40. The van der Waals surface area contributed by atoms with Crippen molar-refractivity contribution in [2.45, 2.75) is 5.92 Å². The molecule has 0 bridgehead atoms. The van der Waals surface area contributed by atoms with Crippen molar-refractivity contribution in [2.24, 2.45) is 5.73 Å². The Bertz CT molecular complexity index is 1260. The monoisotopic (exact) mass is 488 g/mol. The van der Waals surface area contributed by atoms with Gasteiger partial charge in [-0.2, -0.15) is 5.26 Å². The standard InChI is InChI=1S/C20H13IN2O5/c1-26-14-7-9(6-12(21)17(14)24)15-11(8-22)19(23)28-18-10-4-2-3-5-13(10)27-20(25)16(15)18/h2-7,15,24H,23H2,1H3. The zero-order chi connectivity index (χ0) is 20.0. The lowest BCUT2D eigenvalue weighted by molar-refractivity contribution is 0.370. The smallest absolute Gasteiger partial charge is 0.344 e. The van der Waals surface area contributed by atoms with Gasteiger partial charge in [-0.1, -0.05) is 12.1 Å². The normalized spacial score (nSPS) is 15.7. The Morgan fingerprint density at radius 3 is 2.79 bits per heavy atom. The maximum Gasteiger partial charge on any atom is 0.344 e. The van der Waals surface area contributed by atoms with Gasteiger partial charge in [0.05, 0.1) is 27.5 Å².